The highest BCUT2D eigenvalue weighted by Crippen LogP contribution is 2.35. The molecule has 7 heteroatoms. The van der Waals surface area contributed by atoms with Crippen molar-refractivity contribution >= 4 is 17.7 Å². The number of hydrogen-bond donors (Lipinski definition) is 1. The molecule has 3 aromatic rings. The van der Waals surface area contributed by atoms with E-state index in [1.807, 2.05) is 34.9 Å². The quantitative estimate of drug-likeness (QED) is 0.511. The number of hydrogen-bond acceptors (Lipinski definition) is 4. The Hall–Kier alpha value is -2.93. The van der Waals surface area contributed by atoms with Gasteiger partial charge in [0.2, 0.25) is 5.91 Å². The fraction of sp³-hybridized carbons (Fsp3) is 0.105. The molecule has 132 valence electrons. The van der Waals surface area contributed by atoms with Crippen molar-refractivity contribution in [1.82, 2.24) is 14.8 Å². The Bertz CT molecular complexity index is 909. The van der Waals surface area contributed by atoms with Gasteiger partial charge in [-0.2, -0.15) is 0 Å². The minimum atomic E-state index is -0.702. The summed E-state index contributed by atoms with van der Waals surface area (Å²) < 4.78 is 15.0. The zero-order chi connectivity index (χ0) is 18.5. The van der Waals surface area contributed by atoms with E-state index in [1.54, 1.807) is 18.2 Å². The fourth-order valence-corrected chi connectivity index (χ4v) is 3.50. The topological polar surface area (TPSA) is 73.8 Å². The second-order valence-electron chi connectivity index (χ2n) is 5.52. The zero-order valence-electron chi connectivity index (χ0n) is 13.9. The first kappa shape index (κ1) is 17.9. The average molecular weight is 368 g/mol. The third-order valence-electron chi connectivity index (χ3n) is 3.71. The predicted molar refractivity (Wildman–Crippen MR) is 99.8 cm³/mol. The number of primary amides is 1. The normalized spacial score (nSPS) is 11.9. The predicted octanol–water partition coefficient (Wildman–Crippen LogP) is 3.59. The van der Waals surface area contributed by atoms with Crippen LogP contribution in [0, 0.1) is 5.82 Å². The van der Waals surface area contributed by atoms with Crippen LogP contribution in [0.25, 0.3) is 11.4 Å². The van der Waals surface area contributed by atoms with Crippen molar-refractivity contribution in [3.05, 3.63) is 78.6 Å². The third-order valence-corrected chi connectivity index (χ3v) is 4.97. The molecule has 0 aliphatic carbocycles. The van der Waals surface area contributed by atoms with Crippen LogP contribution in [-0.4, -0.2) is 20.7 Å². The Labute approximate surface area is 154 Å². The molecule has 1 heterocycles. The van der Waals surface area contributed by atoms with Gasteiger partial charge in [0.05, 0.1) is 0 Å². The molecule has 0 bridgehead atoms. The minimum absolute atomic E-state index is 0.372. The van der Waals surface area contributed by atoms with Crippen LogP contribution in [0.4, 0.5) is 4.39 Å². The molecule has 2 aromatic carbocycles. The van der Waals surface area contributed by atoms with Crippen LogP contribution in [-0.2, 0) is 11.3 Å². The summed E-state index contributed by atoms with van der Waals surface area (Å²) in [6.45, 7) is 4.26. The molecule has 3 rings (SSSR count). The Morgan fingerprint density at radius 1 is 1.19 bits per heavy atom. The Kier molecular flexibility index (Phi) is 5.48. The summed E-state index contributed by atoms with van der Waals surface area (Å²) in [7, 11) is 0. The van der Waals surface area contributed by atoms with Crippen molar-refractivity contribution in [3.63, 3.8) is 0 Å². The lowest BCUT2D eigenvalue weighted by Crippen LogP contribution is -2.19. The van der Waals surface area contributed by atoms with Crippen LogP contribution in [0.2, 0.25) is 0 Å². The molecule has 0 fully saturated rings. The van der Waals surface area contributed by atoms with Crippen LogP contribution in [0.3, 0.4) is 0 Å². The largest absolute Gasteiger partial charge is 0.368 e. The molecular formula is C19H17FN4OS. The number of carbonyl (C=O) groups excluding carboxylic acids is 1. The molecule has 1 amide bonds. The van der Waals surface area contributed by atoms with Gasteiger partial charge in [-0.15, -0.1) is 16.8 Å². The molecule has 2 N–H and O–H groups in total. The second-order valence-corrected chi connectivity index (χ2v) is 6.60. The van der Waals surface area contributed by atoms with Gasteiger partial charge in [0, 0.05) is 12.1 Å². The SMILES string of the molecule is C=CCn1c(S[C@H](C(N)=O)c2ccc(F)cc2)nnc1-c1ccccc1. The molecule has 0 saturated heterocycles. The van der Waals surface area contributed by atoms with E-state index in [0.29, 0.717) is 23.1 Å². The lowest BCUT2D eigenvalue weighted by Gasteiger charge is -2.14. The molecule has 0 saturated carbocycles. The van der Waals surface area contributed by atoms with Crippen molar-refractivity contribution in [2.24, 2.45) is 5.73 Å². The van der Waals surface area contributed by atoms with Crippen LogP contribution in [0.5, 0.6) is 0 Å². The molecule has 0 aliphatic heterocycles. The Morgan fingerprint density at radius 2 is 1.88 bits per heavy atom. The summed E-state index contributed by atoms with van der Waals surface area (Å²) in [5.74, 6) is -0.227. The van der Waals surface area contributed by atoms with Gasteiger partial charge in [0.15, 0.2) is 11.0 Å². The van der Waals surface area contributed by atoms with Gasteiger partial charge >= 0.3 is 0 Å². The molecular weight excluding hydrogens is 351 g/mol. The summed E-state index contributed by atoms with van der Waals surface area (Å²) >= 11 is 1.18. The van der Waals surface area contributed by atoms with Gasteiger partial charge < -0.3 is 5.73 Å². The highest BCUT2D eigenvalue weighted by atomic mass is 32.2. The Balaban J connectivity index is 1.97. The zero-order valence-corrected chi connectivity index (χ0v) is 14.7. The van der Waals surface area contributed by atoms with E-state index in [4.69, 9.17) is 5.73 Å². The van der Waals surface area contributed by atoms with E-state index >= 15 is 0 Å². The maximum absolute atomic E-state index is 13.2. The number of amides is 1. The van der Waals surface area contributed by atoms with Gasteiger partial charge in [-0.05, 0) is 17.7 Å². The van der Waals surface area contributed by atoms with Crippen molar-refractivity contribution < 1.29 is 9.18 Å². The number of nitrogens with zero attached hydrogens (tertiary/aromatic N) is 3. The molecule has 0 aliphatic rings. The van der Waals surface area contributed by atoms with Gasteiger partial charge in [-0.1, -0.05) is 60.3 Å². The third kappa shape index (κ3) is 3.83. The van der Waals surface area contributed by atoms with Crippen LogP contribution in [0.15, 0.2) is 72.4 Å². The van der Waals surface area contributed by atoms with Crippen molar-refractivity contribution in [3.8, 4) is 11.4 Å². The molecule has 5 nitrogen and oxygen atoms in total. The summed E-state index contributed by atoms with van der Waals surface area (Å²) in [4.78, 5) is 12.0. The summed E-state index contributed by atoms with van der Waals surface area (Å²) in [6, 6.07) is 15.3. The lowest BCUT2D eigenvalue weighted by molar-refractivity contribution is -0.117. The molecule has 0 radical (unpaired) electrons. The van der Waals surface area contributed by atoms with Crippen LogP contribution >= 0.6 is 11.8 Å². The number of allylic oxidation sites excluding steroid dienone is 1. The molecule has 1 aromatic heterocycles. The maximum atomic E-state index is 13.2. The Morgan fingerprint density at radius 3 is 2.50 bits per heavy atom. The number of carbonyl (C=O) groups is 1. The van der Waals surface area contributed by atoms with Crippen molar-refractivity contribution in [2.45, 2.75) is 17.0 Å². The number of benzene rings is 2. The summed E-state index contributed by atoms with van der Waals surface area (Å²) in [5.41, 5.74) is 7.08. The number of nitrogens with two attached hydrogens (primary N) is 1. The van der Waals surface area contributed by atoms with E-state index in [0.717, 1.165) is 5.56 Å². The van der Waals surface area contributed by atoms with Crippen molar-refractivity contribution in [1.29, 1.82) is 0 Å². The minimum Gasteiger partial charge on any atom is -0.368 e. The number of halogens is 1. The average Bonchev–Trinajstić information content (AvgIpc) is 3.04. The summed E-state index contributed by atoms with van der Waals surface area (Å²) in [6.07, 6.45) is 1.73. The molecule has 0 unspecified atom stereocenters. The number of aromatic nitrogens is 3. The van der Waals surface area contributed by atoms with Crippen LogP contribution in [0.1, 0.15) is 10.8 Å². The highest BCUT2D eigenvalue weighted by Gasteiger charge is 2.24. The standard InChI is InChI=1S/C19H17FN4OS/c1-2-12-24-18(14-6-4-3-5-7-14)22-23-19(24)26-16(17(21)25)13-8-10-15(20)11-9-13/h2-11,16H,1,12H2,(H2,21,25)/t16-/m0/s1. The first-order valence-electron chi connectivity index (χ1n) is 7.91. The number of thioether (sulfide) groups is 1. The lowest BCUT2D eigenvalue weighted by atomic mass is 10.1. The second kappa shape index (κ2) is 7.97. The van der Waals surface area contributed by atoms with Gasteiger partial charge in [-0.25, -0.2) is 4.39 Å². The molecule has 26 heavy (non-hydrogen) atoms. The van der Waals surface area contributed by atoms with E-state index in [2.05, 4.69) is 16.8 Å². The van der Waals surface area contributed by atoms with Crippen LogP contribution < -0.4 is 5.73 Å². The first-order chi connectivity index (χ1) is 12.6. The van der Waals surface area contributed by atoms with Gasteiger partial charge in [0.25, 0.3) is 0 Å². The smallest absolute Gasteiger partial charge is 0.235 e. The number of rotatable bonds is 7. The first-order valence-corrected chi connectivity index (χ1v) is 8.79. The van der Waals surface area contributed by atoms with Crippen molar-refractivity contribution in [2.75, 3.05) is 0 Å². The van der Waals surface area contributed by atoms with E-state index in [-0.39, 0.29) is 5.82 Å². The fourth-order valence-electron chi connectivity index (χ4n) is 2.50. The monoisotopic (exact) mass is 368 g/mol. The van der Waals surface area contributed by atoms with E-state index in [9.17, 15) is 9.18 Å². The summed E-state index contributed by atoms with van der Waals surface area (Å²) in [5, 5.41) is 8.32. The van der Waals surface area contributed by atoms with E-state index < -0.39 is 11.2 Å². The highest BCUT2D eigenvalue weighted by molar-refractivity contribution is 8.00. The van der Waals surface area contributed by atoms with E-state index in [1.165, 1.54) is 23.9 Å². The maximum Gasteiger partial charge on any atom is 0.235 e. The molecule has 0 spiro atoms. The molecule has 1 atom stereocenters. The van der Waals surface area contributed by atoms with Gasteiger partial charge in [-0.3, -0.25) is 9.36 Å². The van der Waals surface area contributed by atoms with Gasteiger partial charge in [0.1, 0.15) is 11.1 Å².